The number of carbonyl (C=O) groups is 2. The standard InChI is InChI=1S/C24H26N4O3/c1-16-21(26-31-25-16)15-27(2)23(30)20-14-24(20)10-12-28(13-11-24)22(29)19-9-5-7-17-6-3-4-8-18(17)19/h3-9,20H,10-15H2,1-2H3. The summed E-state index contributed by atoms with van der Waals surface area (Å²) in [4.78, 5) is 29.8. The molecule has 3 aromatic rings. The molecule has 160 valence electrons. The monoisotopic (exact) mass is 418 g/mol. The summed E-state index contributed by atoms with van der Waals surface area (Å²) in [6.07, 6.45) is 2.65. The molecule has 2 amide bonds. The summed E-state index contributed by atoms with van der Waals surface area (Å²) in [7, 11) is 1.81. The molecule has 1 spiro atoms. The highest BCUT2D eigenvalue weighted by atomic mass is 16.6. The van der Waals surface area contributed by atoms with Crippen molar-refractivity contribution in [2.75, 3.05) is 20.1 Å². The van der Waals surface area contributed by atoms with Gasteiger partial charge in [-0.05, 0) is 48.4 Å². The van der Waals surface area contributed by atoms with Crippen molar-refractivity contribution in [3.8, 4) is 0 Å². The Bertz CT molecular complexity index is 1140. The summed E-state index contributed by atoms with van der Waals surface area (Å²) in [5.74, 6) is 0.269. The highest BCUT2D eigenvalue weighted by Gasteiger charge is 2.59. The van der Waals surface area contributed by atoms with Gasteiger partial charge in [0, 0.05) is 31.6 Å². The van der Waals surface area contributed by atoms with Gasteiger partial charge < -0.3 is 9.80 Å². The van der Waals surface area contributed by atoms with E-state index < -0.39 is 0 Å². The molecule has 5 rings (SSSR count). The Kier molecular flexibility index (Phi) is 4.76. The van der Waals surface area contributed by atoms with Crippen LogP contribution in [0.5, 0.6) is 0 Å². The molecule has 1 unspecified atom stereocenters. The molecule has 2 aromatic carbocycles. The van der Waals surface area contributed by atoms with Crippen molar-refractivity contribution >= 4 is 22.6 Å². The third-order valence-corrected chi connectivity index (χ3v) is 7.06. The first-order valence-corrected chi connectivity index (χ1v) is 10.8. The Morgan fingerprint density at radius 3 is 2.61 bits per heavy atom. The number of aryl methyl sites for hydroxylation is 1. The lowest BCUT2D eigenvalue weighted by Gasteiger charge is -2.33. The van der Waals surface area contributed by atoms with E-state index in [1.54, 1.807) is 4.90 Å². The van der Waals surface area contributed by atoms with Gasteiger partial charge in [0.15, 0.2) is 0 Å². The summed E-state index contributed by atoms with van der Waals surface area (Å²) in [5, 5.41) is 9.73. The van der Waals surface area contributed by atoms with Crippen LogP contribution in [0.4, 0.5) is 0 Å². The lowest BCUT2D eigenvalue weighted by molar-refractivity contribution is -0.133. The van der Waals surface area contributed by atoms with Gasteiger partial charge in [0.2, 0.25) is 5.91 Å². The van der Waals surface area contributed by atoms with Gasteiger partial charge in [0.05, 0.1) is 6.54 Å². The van der Waals surface area contributed by atoms with Crippen LogP contribution in [0.3, 0.4) is 0 Å². The maximum Gasteiger partial charge on any atom is 0.254 e. The van der Waals surface area contributed by atoms with Crippen LogP contribution in [-0.4, -0.2) is 52.1 Å². The minimum atomic E-state index is 0.0347. The Morgan fingerprint density at radius 1 is 1.13 bits per heavy atom. The number of carbonyl (C=O) groups excluding carboxylic acids is 2. The van der Waals surface area contributed by atoms with Gasteiger partial charge >= 0.3 is 0 Å². The number of benzene rings is 2. The molecule has 0 bridgehead atoms. The second kappa shape index (κ2) is 7.48. The first-order chi connectivity index (χ1) is 15.0. The largest absolute Gasteiger partial charge is 0.339 e. The number of aromatic nitrogens is 2. The topological polar surface area (TPSA) is 79.5 Å². The first kappa shape index (κ1) is 19.7. The Hall–Kier alpha value is -3.22. The average molecular weight is 418 g/mol. The summed E-state index contributed by atoms with van der Waals surface area (Å²) < 4.78 is 4.73. The van der Waals surface area contributed by atoms with Crippen LogP contribution in [0.25, 0.3) is 10.8 Å². The SMILES string of the molecule is Cc1nonc1CN(C)C(=O)C1CC12CCN(C(=O)c1cccc3ccccc13)CC2. The first-order valence-electron chi connectivity index (χ1n) is 10.8. The van der Waals surface area contributed by atoms with Crippen LogP contribution in [0, 0.1) is 18.3 Å². The van der Waals surface area contributed by atoms with Crippen molar-refractivity contribution in [1.82, 2.24) is 20.1 Å². The van der Waals surface area contributed by atoms with Crippen molar-refractivity contribution in [3.05, 3.63) is 59.4 Å². The molecule has 2 heterocycles. The minimum absolute atomic E-state index is 0.0347. The third kappa shape index (κ3) is 3.48. The second-order valence-corrected chi connectivity index (χ2v) is 8.93. The van der Waals surface area contributed by atoms with Crippen molar-refractivity contribution < 1.29 is 14.2 Å². The fourth-order valence-electron chi connectivity index (χ4n) is 4.95. The molecule has 7 heteroatoms. The van der Waals surface area contributed by atoms with Crippen LogP contribution in [0.2, 0.25) is 0 Å². The van der Waals surface area contributed by atoms with Crippen molar-refractivity contribution in [2.45, 2.75) is 32.7 Å². The van der Waals surface area contributed by atoms with Crippen molar-refractivity contribution in [2.24, 2.45) is 11.3 Å². The molecule has 0 N–H and O–H groups in total. The molecule has 7 nitrogen and oxygen atoms in total. The average Bonchev–Trinajstić information content (AvgIpc) is 3.34. The fraction of sp³-hybridized carbons (Fsp3) is 0.417. The van der Waals surface area contributed by atoms with E-state index in [2.05, 4.69) is 10.3 Å². The third-order valence-electron chi connectivity index (χ3n) is 7.06. The normalized spacial score (nSPS) is 19.5. The predicted octanol–water partition coefficient (Wildman–Crippen LogP) is 3.43. The Balaban J connectivity index is 1.22. The van der Waals surface area contributed by atoms with Crippen LogP contribution in [0.15, 0.2) is 47.1 Å². The number of likely N-dealkylation sites (tertiary alicyclic amines) is 1. The van der Waals surface area contributed by atoms with E-state index in [1.165, 1.54) is 0 Å². The second-order valence-electron chi connectivity index (χ2n) is 8.93. The van der Waals surface area contributed by atoms with E-state index in [-0.39, 0.29) is 23.1 Å². The fourth-order valence-corrected chi connectivity index (χ4v) is 4.95. The molecule has 1 saturated heterocycles. The molecule has 2 aliphatic rings. The summed E-state index contributed by atoms with van der Waals surface area (Å²) >= 11 is 0. The van der Waals surface area contributed by atoms with Gasteiger partial charge in [-0.25, -0.2) is 4.63 Å². The minimum Gasteiger partial charge on any atom is -0.339 e. The zero-order chi connectivity index (χ0) is 21.6. The van der Waals surface area contributed by atoms with Crippen LogP contribution in [-0.2, 0) is 11.3 Å². The van der Waals surface area contributed by atoms with Crippen molar-refractivity contribution in [3.63, 3.8) is 0 Å². The number of hydrogen-bond donors (Lipinski definition) is 0. The Labute approximate surface area is 181 Å². The maximum atomic E-state index is 13.2. The zero-order valence-electron chi connectivity index (χ0n) is 17.9. The highest BCUT2D eigenvalue weighted by molar-refractivity contribution is 6.07. The number of hydrogen-bond acceptors (Lipinski definition) is 5. The number of nitrogens with zero attached hydrogens (tertiary/aromatic N) is 4. The predicted molar refractivity (Wildman–Crippen MR) is 115 cm³/mol. The molecule has 1 aromatic heterocycles. The molecule has 31 heavy (non-hydrogen) atoms. The Morgan fingerprint density at radius 2 is 1.87 bits per heavy atom. The van der Waals surface area contributed by atoms with Gasteiger partial charge in [0.25, 0.3) is 5.91 Å². The lowest BCUT2D eigenvalue weighted by Crippen LogP contribution is -2.40. The zero-order valence-corrected chi connectivity index (χ0v) is 17.9. The number of amides is 2. The van der Waals surface area contributed by atoms with Gasteiger partial charge in [-0.1, -0.05) is 46.7 Å². The number of rotatable bonds is 4. The van der Waals surface area contributed by atoms with E-state index >= 15 is 0 Å². The van der Waals surface area contributed by atoms with Gasteiger partial charge in [-0.15, -0.1) is 0 Å². The molecule has 1 aliphatic heterocycles. The van der Waals surface area contributed by atoms with Crippen LogP contribution >= 0.6 is 0 Å². The quantitative estimate of drug-likeness (QED) is 0.649. The van der Waals surface area contributed by atoms with Gasteiger partial charge in [-0.3, -0.25) is 9.59 Å². The van der Waals surface area contributed by atoms with E-state index in [4.69, 9.17) is 4.63 Å². The molecule has 1 atom stereocenters. The lowest BCUT2D eigenvalue weighted by atomic mass is 9.90. The molecule has 1 aliphatic carbocycles. The number of piperidine rings is 1. The number of fused-ring (bicyclic) bond motifs is 1. The van der Waals surface area contributed by atoms with E-state index in [0.717, 1.165) is 35.6 Å². The molecular weight excluding hydrogens is 392 g/mol. The molecule has 2 fully saturated rings. The van der Waals surface area contributed by atoms with Gasteiger partial charge in [0.1, 0.15) is 11.4 Å². The van der Waals surface area contributed by atoms with Gasteiger partial charge in [-0.2, -0.15) is 0 Å². The highest BCUT2D eigenvalue weighted by Crippen LogP contribution is 2.60. The summed E-state index contributed by atoms with van der Waals surface area (Å²) in [5.41, 5.74) is 2.21. The van der Waals surface area contributed by atoms with Crippen LogP contribution < -0.4 is 0 Å². The maximum absolute atomic E-state index is 13.2. The molecule has 0 radical (unpaired) electrons. The summed E-state index contributed by atoms with van der Waals surface area (Å²) in [6, 6.07) is 13.9. The van der Waals surface area contributed by atoms with E-state index in [1.807, 2.05) is 61.3 Å². The summed E-state index contributed by atoms with van der Waals surface area (Å²) in [6.45, 7) is 3.63. The van der Waals surface area contributed by atoms with Crippen molar-refractivity contribution in [1.29, 1.82) is 0 Å². The molecule has 1 saturated carbocycles. The smallest absolute Gasteiger partial charge is 0.254 e. The van der Waals surface area contributed by atoms with E-state index in [9.17, 15) is 9.59 Å². The van der Waals surface area contributed by atoms with Crippen LogP contribution in [0.1, 0.15) is 41.0 Å². The van der Waals surface area contributed by atoms with E-state index in [0.29, 0.717) is 31.0 Å². The molecular formula is C24H26N4O3.